The summed E-state index contributed by atoms with van der Waals surface area (Å²) in [6.07, 6.45) is 9.17. The molecule has 2 aliphatic carbocycles. The first-order chi connectivity index (χ1) is 9.83. The minimum Gasteiger partial charge on any atom is -0.337 e. The monoisotopic (exact) mass is 261 g/mol. The first kappa shape index (κ1) is 11.5. The number of nitrogens with one attached hydrogen (secondary N) is 1. The molecule has 1 heterocycles. The number of aromatic amines is 1. The van der Waals surface area contributed by atoms with E-state index in [1.807, 2.05) is 24.3 Å². The maximum atomic E-state index is 9.44. The Bertz CT molecular complexity index is 727. The van der Waals surface area contributed by atoms with Gasteiger partial charge < -0.3 is 4.98 Å². The van der Waals surface area contributed by atoms with E-state index in [1.165, 1.54) is 12.8 Å². The van der Waals surface area contributed by atoms with Crippen LogP contribution in [0.1, 0.15) is 18.7 Å². The van der Waals surface area contributed by atoms with Crippen LogP contribution in [0.2, 0.25) is 0 Å². The van der Waals surface area contributed by atoms with Crippen molar-refractivity contribution >= 4 is 16.6 Å². The van der Waals surface area contributed by atoms with E-state index < -0.39 is 0 Å². The number of rotatable bonds is 2. The molecule has 1 aromatic heterocycles. The van der Waals surface area contributed by atoms with Gasteiger partial charge in [0.15, 0.2) is 0 Å². The van der Waals surface area contributed by atoms with E-state index in [2.05, 4.69) is 34.3 Å². The molecule has 20 heavy (non-hydrogen) atoms. The van der Waals surface area contributed by atoms with Crippen LogP contribution in [0.15, 0.2) is 42.5 Å². The maximum absolute atomic E-state index is 9.44. The summed E-state index contributed by atoms with van der Waals surface area (Å²) in [5, 5.41) is 9.44. The average Bonchev–Trinajstić information content (AvgIpc) is 3.18. The molecule has 0 amide bonds. The summed E-state index contributed by atoms with van der Waals surface area (Å²) in [5.41, 5.74) is 2.57. The Labute approximate surface area is 117 Å². The number of H-pyrrole nitrogens is 1. The molecule has 2 aliphatic rings. The molecule has 0 spiro atoms. The third-order valence-electron chi connectivity index (χ3n) is 4.48. The van der Waals surface area contributed by atoms with Crippen LogP contribution in [0.25, 0.3) is 16.6 Å². The zero-order valence-corrected chi connectivity index (χ0v) is 11.1. The first-order valence-electron chi connectivity index (χ1n) is 7.09. The fraction of sp³-hybridized carbons (Fsp3) is 0.294. The third kappa shape index (κ3) is 1.77. The Hall–Kier alpha value is -2.34. The summed E-state index contributed by atoms with van der Waals surface area (Å²) in [5.74, 6) is 2.53. The first-order valence-corrected chi connectivity index (χ1v) is 7.09. The predicted octanol–water partition coefficient (Wildman–Crippen LogP) is 3.68. The van der Waals surface area contributed by atoms with Gasteiger partial charge in [-0.3, -0.25) is 0 Å². The number of hydrogen-bond acceptors (Lipinski definition) is 2. The van der Waals surface area contributed by atoms with Gasteiger partial charge in [-0.05, 0) is 42.7 Å². The van der Waals surface area contributed by atoms with Crippen LogP contribution < -0.4 is 0 Å². The van der Waals surface area contributed by atoms with Gasteiger partial charge in [0, 0.05) is 0 Å². The number of hydrogen-bond donors (Lipinski definition) is 1. The van der Waals surface area contributed by atoms with E-state index in [0.717, 1.165) is 17.0 Å². The average molecular weight is 261 g/mol. The molecule has 1 saturated carbocycles. The lowest BCUT2D eigenvalue weighted by Crippen LogP contribution is -2.04. The molecule has 0 unspecified atom stereocenters. The zero-order valence-electron chi connectivity index (χ0n) is 11.1. The Balaban J connectivity index is 1.71. The van der Waals surface area contributed by atoms with Gasteiger partial charge in [0.1, 0.15) is 11.9 Å². The number of aromatic nitrogens is 2. The minimum absolute atomic E-state index is 0.493. The van der Waals surface area contributed by atoms with Crippen LogP contribution in [-0.2, 0) is 0 Å². The van der Waals surface area contributed by atoms with E-state index >= 15 is 0 Å². The van der Waals surface area contributed by atoms with Crippen LogP contribution in [-0.4, -0.2) is 9.97 Å². The number of allylic oxidation sites excluding steroid dienone is 4. The molecular formula is C17H15N3. The molecule has 0 aliphatic heterocycles. The SMILES string of the molecule is N#C/C(=C\[C@H]1C[C@@H]2C=C[C@H]1C2)c1nc2ccccc2[nH]1. The number of nitriles is 1. The van der Waals surface area contributed by atoms with Gasteiger partial charge in [0.2, 0.25) is 0 Å². The lowest BCUT2D eigenvalue weighted by atomic mass is 9.91. The van der Waals surface area contributed by atoms with Gasteiger partial charge >= 0.3 is 0 Å². The highest BCUT2D eigenvalue weighted by Crippen LogP contribution is 2.44. The Kier molecular flexibility index (Phi) is 2.50. The highest BCUT2D eigenvalue weighted by atomic mass is 14.9. The van der Waals surface area contributed by atoms with Gasteiger partial charge in [-0.25, -0.2) is 4.98 Å². The van der Waals surface area contributed by atoms with Crippen LogP contribution >= 0.6 is 0 Å². The molecule has 2 aromatic rings. The number of imidazole rings is 1. The van der Waals surface area contributed by atoms with Crippen molar-refractivity contribution in [2.75, 3.05) is 0 Å². The molecule has 3 atom stereocenters. The highest BCUT2D eigenvalue weighted by Gasteiger charge is 2.34. The van der Waals surface area contributed by atoms with Crippen molar-refractivity contribution in [3.63, 3.8) is 0 Å². The second-order valence-electron chi connectivity index (χ2n) is 5.74. The fourth-order valence-electron chi connectivity index (χ4n) is 3.48. The second kappa shape index (κ2) is 4.35. The molecule has 1 aromatic carbocycles. The maximum Gasteiger partial charge on any atom is 0.148 e. The van der Waals surface area contributed by atoms with Gasteiger partial charge in [-0.15, -0.1) is 0 Å². The molecule has 98 valence electrons. The largest absolute Gasteiger partial charge is 0.337 e. The molecule has 3 heteroatoms. The molecule has 4 rings (SSSR count). The van der Waals surface area contributed by atoms with Crippen molar-refractivity contribution in [3.8, 4) is 6.07 Å². The molecular weight excluding hydrogens is 246 g/mol. The van der Waals surface area contributed by atoms with E-state index in [1.54, 1.807) is 0 Å². The minimum atomic E-state index is 0.493. The van der Waals surface area contributed by atoms with Crippen LogP contribution in [0, 0.1) is 29.1 Å². The van der Waals surface area contributed by atoms with Gasteiger partial charge in [-0.2, -0.15) is 5.26 Å². The van der Waals surface area contributed by atoms with Gasteiger partial charge in [0.05, 0.1) is 16.6 Å². The quantitative estimate of drug-likeness (QED) is 0.662. The van der Waals surface area contributed by atoms with Crippen molar-refractivity contribution in [2.45, 2.75) is 12.8 Å². The van der Waals surface area contributed by atoms with E-state index in [-0.39, 0.29) is 0 Å². The molecule has 2 bridgehead atoms. The normalized spacial score (nSPS) is 28.1. The summed E-state index contributed by atoms with van der Waals surface area (Å²) in [6, 6.07) is 10.2. The number of para-hydroxylation sites is 2. The Morgan fingerprint density at radius 3 is 2.90 bits per heavy atom. The standard InChI is InChI=1S/C17H15N3/c18-10-14(9-13-8-11-5-6-12(13)7-11)17-19-15-3-1-2-4-16(15)20-17/h1-6,9,11-13H,7-8H2,(H,19,20)/b14-9+/t11-,12+,13-/m1/s1. The number of benzene rings is 1. The summed E-state index contributed by atoms with van der Waals surface area (Å²) >= 11 is 0. The van der Waals surface area contributed by atoms with Crippen molar-refractivity contribution in [2.24, 2.45) is 17.8 Å². The Morgan fingerprint density at radius 2 is 2.20 bits per heavy atom. The van der Waals surface area contributed by atoms with Crippen LogP contribution in [0.5, 0.6) is 0 Å². The summed E-state index contributed by atoms with van der Waals surface area (Å²) < 4.78 is 0. The smallest absolute Gasteiger partial charge is 0.148 e. The van der Waals surface area contributed by atoms with Crippen molar-refractivity contribution in [3.05, 3.63) is 48.3 Å². The Morgan fingerprint density at radius 1 is 1.30 bits per heavy atom. The third-order valence-corrected chi connectivity index (χ3v) is 4.48. The highest BCUT2D eigenvalue weighted by molar-refractivity contribution is 5.82. The van der Waals surface area contributed by atoms with Gasteiger partial charge in [-0.1, -0.05) is 30.4 Å². The summed E-state index contributed by atoms with van der Waals surface area (Å²) in [4.78, 5) is 7.77. The van der Waals surface area contributed by atoms with Crippen LogP contribution in [0.3, 0.4) is 0 Å². The van der Waals surface area contributed by atoms with Gasteiger partial charge in [0.25, 0.3) is 0 Å². The van der Waals surface area contributed by atoms with Crippen molar-refractivity contribution < 1.29 is 0 Å². The van der Waals surface area contributed by atoms with Crippen molar-refractivity contribution in [1.29, 1.82) is 5.26 Å². The van der Waals surface area contributed by atoms with E-state index in [4.69, 9.17) is 0 Å². The lowest BCUT2D eigenvalue weighted by Gasteiger charge is -2.13. The molecule has 1 N–H and O–H groups in total. The lowest BCUT2D eigenvalue weighted by molar-refractivity contribution is 0.551. The van der Waals surface area contributed by atoms with Crippen molar-refractivity contribution in [1.82, 2.24) is 9.97 Å². The fourth-order valence-corrected chi connectivity index (χ4v) is 3.48. The molecule has 0 saturated heterocycles. The second-order valence-corrected chi connectivity index (χ2v) is 5.74. The molecule has 3 nitrogen and oxygen atoms in total. The predicted molar refractivity (Wildman–Crippen MR) is 78.5 cm³/mol. The topological polar surface area (TPSA) is 52.5 Å². The zero-order chi connectivity index (χ0) is 13.5. The summed E-state index contributed by atoms with van der Waals surface area (Å²) in [6.45, 7) is 0. The molecule has 0 radical (unpaired) electrons. The van der Waals surface area contributed by atoms with E-state index in [0.29, 0.717) is 23.2 Å². The number of nitrogens with zero attached hydrogens (tertiary/aromatic N) is 2. The van der Waals surface area contributed by atoms with Crippen LogP contribution in [0.4, 0.5) is 0 Å². The molecule has 1 fully saturated rings. The summed E-state index contributed by atoms with van der Waals surface area (Å²) in [7, 11) is 0. The number of fused-ring (bicyclic) bond motifs is 3. The van der Waals surface area contributed by atoms with E-state index in [9.17, 15) is 5.26 Å².